The van der Waals surface area contributed by atoms with Gasteiger partial charge in [0, 0.05) is 12.1 Å². The number of esters is 1. The Morgan fingerprint density at radius 1 is 0.846 bits per heavy atom. The number of benzene rings is 3. The van der Waals surface area contributed by atoms with E-state index in [1.54, 1.807) is 13.0 Å². The highest BCUT2D eigenvalue weighted by molar-refractivity contribution is 7.93. The second-order valence-corrected chi connectivity index (χ2v) is 10.7. The standard InChI is InChI=1S/C26H26Cl2N2O8S/c1-15-6-9-21(35-2)24(10-15)39(33,34)30(16-7-8-18(27)19(28)11-16)14-25(31)29-20-13-23(37-4)22(36-3)12-17(20)26(32)38-5/h6-13H,14H2,1-5H3,(H,29,31). The molecule has 0 heterocycles. The Balaban J connectivity index is 2.10. The van der Waals surface area contributed by atoms with Crippen molar-refractivity contribution < 1.29 is 37.0 Å². The minimum atomic E-state index is -4.38. The zero-order valence-corrected chi connectivity index (χ0v) is 24.0. The second kappa shape index (κ2) is 12.5. The molecule has 39 heavy (non-hydrogen) atoms. The first kappa shape index (κ1) is 29.9. The maximum atomic E-state index is 13.9. The van der Waals surface area contributed by atoms with Crippen LogP contribution in [0.1, 0.15) is 15.9 Å². The van der Waals surface area contributed by atoms with Gasteiger partial charge in [0.05, 0.1) is 55.4 Å². The number of carbonyl (C=O) groups excluding carboxylic acids is 2. The number of methoxy groups -OCH3 is 4. The van der Waals surface area contributed by atoms with E-state index >= 15 is 0 Å². The molecule has 3 aromatic carbocycles. The van der Waals surface area contributed by atoms with Crippen molar-refractivity contribution in [3.63, 3.8) is 0 Å². The van der Waals surface area contributed by atoms with E-state index in [2.05, 4.69) is 5.32 Å². The van der Waals surface area contributed by atoms with Crippen molar-refractivity contribution in [2.75, 3.05) is 44.6 Å². The second-order valence-electron chi connectivity index (χ2n) is 8.06. The molecule has 0 aliphatic heterocycles. The fraction of sp³-hybridized carbons (Fsp3) is 0.231. The highest BCUT2D eigenvalue weighted by Crippen LogP contribution is 2.36. The van der Waals surface area contributed by atoms with Crippen LogP contribution < -0.4 is 23.8 Å². The lowest BCUT2D eigenvalue weighted by atomic mass is 10.1. The fourth-order valence-electron chi connectivity index (χ4n) is 3.64. The van der Waals surface area contributed by atoms with Gasteiger partial charge >= 0.3 is 5.97 Å². The molecule has 0 aliphatic rings. The van der Waals surface area contributed by atoms with Gasteiger partial charge in [-0.1, -0.05) is 29.3 Å². The molecule has 0 radical (unpaired) electrons. The number of amides is 1. The predicted octanol–water partition coefficient (Wildman–Crippen LogP) is 4.95. The van der Waals surface area contributed by atoms with Crippen molar-refractivity contribution in [2.24, 2.45) is 0 Å². The third-order valence-corrected chi connectivity index (χ3v) is 8.10. The summed E-state index contributed by atoms with van der Waals surface area (Å²) in [4.78, 5) is 25.6. The molecule has 1 N–H and O–H groups in total. The van der Waals surface area contributed by atoms with Gasteiger partial charge in [0.15, 0.2) is 11.5 Å². The van der Waals surface area contributed by atoms with E-state index in [1.807, 2.05) is 0 Å². The van der Waals surface area contributed by atoms with Gasteiger partial charge in [-0.3, -0.25) is 9.10 Å². The monoisotopic (exact) mass is 596 g/mol. The summed E-state index contributed by atoms with van der Waals surface area (Å²) in [5, 5.41) is 2.85. The molecule has 0 spiro atoms. The van der Waals surface area contributed by atoms with Gasteiger partial charge < -0.3 is 24.3 Å². The third-order valence-electron chi connectivity index (χ3n) is 5.57. The molecule has 3 rings (SSSR count). The van der Waals surface area contributed by atoms with Gasteiger partial charge in [0.25, 0.3) is 10.0 Å². The Morgan fingerprint density at radius 3 is 2.08 bits per heavy atom. The quantitative estimate of drug-likeness (QED) is 0.326. The van der Waals surface area contributed by atoms with Gasteiger partial charge in [0.2, 0.25) is 5.91 Å². The van der Waals surface area contributed by atoms with E-state index in [0.717, 1.165) is 4.31 Å². The molecule has 208 valence electrons. The van der Waals surface area contributed by atoms with Crippen molar-refractivity contribution in [3.05, 3.63) is 69.7 Å². The van der Waals surface area contributed by atoms with E-state index in [-0.39, 0.29) is 49.1 Å². The molecule has 13 heteroatoms. The summed E-state index contributed by atoms with van der Waals surface area (Å²) in [7, 11) is 0.906. The average Bonchev–Trinajstić information content (AvgIpc) is 2.92. The van der Waals surface area contributed by atoms with Crippen LogP contribution in [0.25, 0.3) is 0 Å². The fourth-order valence-corrected chi connectivity index (χ4v) is 5.59. The van der Waals surface area contributed by atoms with E-state index in [0.29, 0.717) is 5.56 Å². The number of halogens is 2. The Morgan fingerprint density at radius 2 is 1.49 bits per heavy atom. The Bertz CT molecular complexity index is 1510. The van der Waals surface area contributed by atoms with Crippen LogP contribution in [-0.4, -0.2) is 55.3 Å². The van der Waals surface area contributed by atoms with Crippen LogP contribution in [0.5, 0.6) is 17.2 Å². The van der Waals surface area contributed by atoms with Gasteiger partial charge in [-0.2, -0.15) is 0 Å². The summed E-state index contributed by atoms with van der Waals surface area (Å²) < 4.78 is 49.3. The number of nitrogens with one attached hydrogen (secondary N) is 1. The largest absolute Gasteiger partial charge is 0.495 e. The Labute approximate surface area is 236 Å². The molecule has 1 amide bonds. The SMILES string of the molecule is COC(=O)c1cc(OC)c(OC)cc1NC(=O)CN(c1ccc(Cl)c(Cl)c1)S(=O)(=O)c1cc(C)ccc1OC. The smallest absolute Gasteiger partial charge is 0.340 e. The number of rotatable bonds is 10. The van der Waals surface area contributed by atoms with Crippen molar-refractivity contribution in [3.8, 4) is 17.2 Å². The lowest BCUT2D eigenvalue weighted by molar-refractivity contribution is -0.114. The summed E-state index contributed by atoms with van der Waals surface area (Å²) in [6, 6.07) is 11.5. The molecule has 0 unspecified atom stereocenters. The van der Waals surface area contributed by atoms with Gasteiger partial charge in [-0.05, 0) is 42.8 Å². The van der Waals surface area contributed by atoms with Crippen LogP contribution in [0.4, 0.5) is 11.4 Å². The first-order chi connectivity index (χ1) is 18.5. The van der Waals surface area contributed by atoms with Crippen molar-refractivity contribution in [2.45, 2.75) is 11.8 Å². The summed E-state index contributed by atoms with van der Waals surface area (Å²) in [5.74, 6) is -1.02. The summed E-state index contributed by atoms with van der Waals surface area (Å²) in [6.07, 6.45) is 0. The van der Waals surface area contributed by atoms with Crippen LogP contribution in [-0.2, 0) is 19.6 Å². The van der Waals surface area contributed by atoms with Crippen molar-refractivity contribution >= 4 is 56.5 Å². The number of anilines is 2. The van der Waals surface area contributed by atoms with Crippen molar-refractivity contribution in [1.29, 1.82) is 0 Å². The van der Waals surface area contributed by atoms with Crippen LogP contribution in [0, 0.1) is 6.92 Å². The van der Waals surface area contributed by atoms with Gasteiger partial charge in [-0.25, -0.2) is 13.2 Å². The van der Waals surface area contributed by atoms with Gasteiger partial charge in [-0.15, -0.1) is 0 Å². The number of ether oxygens (including phenoxy) is 4. The molecule has 10 nitrogen and oxygen atoms in total. The Kier molecular flexibility index (Phi) is 9.54. The van der Waals surface area contributed by atoms with Gasteiger partial charge in [0.1, 0.15) is 17.2 Å². The summed E-state index contributed by atoms with van der Waals surface area (Å²) >= 11 is 12.2. The first-order valence-corrected chi connectivity index (χ1v) is 13.4. The van der Waals surface area contributed by atoms with E-state index in [1.165, 1.54) is 70.9 Å². The summed E-state index contributed by atoms with van der Waals surface area (Å²) in [6.45, 7) is 1.02. The Hall–Kier alpha value is -3.67. The van der Waals surface area contributed by atoms with Crippen LogP contribution in [0.15, 0.2) is 53.4 Å². The first-order valence-electron chi connectivity index (χ1n) is 11.2. The molecule has 0 fully saturated rings. The number of aryl methyl sites for hydroxylation is 1. The molecule has 3 aromatic rings. The highest BCUT2D eigenvalue weighted by atomic mass is 35.5. The number of hydrogen-bond acceptors (Lipinski definition) is 8. The topological polar surface area (TPSA) is 120 Å². The van der Waals surface area contributed by atoms with Crippen LogP contribution in [0.2, 0.25) is 10.0 Å². The number of nitrogens with zero attached hydrogens (tertiary/aromatic N) is 1. The zero-order valence-electron chi connectivity index (χ0n) is 21.7. The lowest BCUT2D eigenvalue weighted by Gasteiger charge is -2.25. The minimum Gasteiger partial charge on any atom is -0.495 e. The summed E-state index contributed by atoms with van der Waals surface area (Å²) in [5.41, 5.74) is 0.710. The third kappa shape index (κ3) is 6.49. The van der Waals surface area contributed by atoms with E-state index in [9.17, 15) is 18.0 Å². The number of carbonyl (C=O) groups is 2. The zero-order chi connectivity index (χ0) is 28.9. The van der Waals surface area contributed by atoms with E-state index in [4.69, 9.17) is 42.1 Å². The normalized spacial score (nSPS) is 10.9. The molecule has 0 saturated carbocycles. The molecule has 0 bridgehead atoms. The maximum absolute atomic E-state index is 13.9. The van der Waals surface area contributed by atoms with E-state index < -0.39 is 28.4 Å². The highest BCUT2D eigenvalue weighted by Gasteiger charge is 2.31. The van der Waals surface area contributed by atoms with Crippen LogP contribution >= 0.6 is 23.2 Å². The molecule has 0 atom stereocenters. The van der Waals surface area contributed by atoms with Crippen LogP contribution in [0.3, 0.4) is 0 Å². The average molecular weight is 597 g/mol. The minimum absolute atomic E-state index is 0.0177. The molecular weight excluding hydrogens is 571 g/mol. The predicted molar refractivity (Wildman–Crippen MR) is 148 cm³/mol. The molecule has 0 aromatic heterocycles. The number of sulfonamides is 1. The lowest BCUT2D eigenvalue weighted by Crippen LogP contribution is -2.38. The molecule has 0 aliphatic carbocycles. The molecular formula is C26H26Cl2N2O8S. The van der Waals surface area contributed by atoms with Crippen molar-refractivity contribution in [1.82, 2.24) is 0 Å². The number of hydrogen-bond donors (Lipinski definition) is 1. The maximum Gasteiger partial charge on any atom is 0.340 e. The molecule has 0 saturated heterocycles.